The van der Waals surface area contributed by atoms with Gasteiger partial charge in [-0.1, -0.05) is 0 Å². The molecule has 1 N–H and O–H groups in total. The number of nitrogens with zero attached hydrogens (tertiary/aromatic N) is 3. The van der Waals surface area contributed by atoms with Crippen LogP contribution in [0.4, 0.5) is 5.69 Å². The number of nitrogens with one attached hydrogen (secondary N) is 1. The minimum absolute atomic E-state index is 0.0232. The van der Waals surface area contributed by atoms with Crippen LogP contribution in [0, 0.1) is 6.92 Å². The van der Waals surface area contributed by atoms with Crippen LogP contribution in [0.25, 0.3) is 22.3 Å². The van der Waals surface area contributed by atoms with Gasteiger partial charge in [-0.3, -0.25) is 4.79 Å². The molecule has 0 aliphatic carbocycles. The van der Waals surface area contributed by atoms with E-state index in [4.69, 9.17) is 23.9 Å². The summed E-state index contributed by atoms with van der Waals surface area (Å²) in [5.41, 5.74) is 3.09. The molecule has 1 aliphatic rings. The van der Waals surface area contributed by atoms with Crippen LogP contribution < -0.4 is 24.3 Å². The molecule has 40 heavy (non-hydrogen) atoms. The average molecular weight is 567 g/mol. The molecule has 5 rings (SSSR count). The maximum Gasteiger partial charge on any atom is 0.256 e. The van der Waals surface area contributed by atoms with Crippen molar-refractivity contribution in [2.45, 2.75) is 19.4 Å². The lowest BCUT2D eigenvalue weighted by Crippen LogP contribution is -2.15. The molecule has 2 aromatic heterocycles. The topological polar surface area (TPSA) is 131 Å². The number of aryl methyl sites for hydroxylation is 1. The maximum atomic E-state index is 13.8. The molecule has 0 bridgehead atoms. The van der Waals surface area contributed by atoms with E-state index in [0.717, 1.165) is 5.56 Å². The zero-order chi connectivity index (χ0) is 28.6. The number of anilines is 1. The van der Waals surface area contributed by atoms with Gasteiger partial charge in [-0.25, -0.2) is 18.1 Å². The van der Waals surface area contributed by atoms with Crippen molar-refractivity contribution in [1.82, 2.24) is 14.8 Å². The van der Waals surface area contributed by atoms with Crippen LogP contribution >= 0.6 is 0 Å². The second-order valence-corrected chi connectivity index (χ2v) is 11.7. The Labute approximate surface area is 231 Å². The number of methoxy groups -OCH3 is 4. The first-order valence-corrected chi connectivity index (χ1v) is 14.4. The van der Waals surface area contributed by atoms with Gasteiger partial charge in [0.05, 0.1) is 68.3 Å². The first-order valence-electron chi connectivity index (χ1n) is 12.5. The molecule has 4 aromatic rings. The summed E-state index contributed by atoms with van der Waals surface area (Å²) in [4.78, 5) is 18.7. The van der Waals surface area contributed by atoms with Crippen molar-refractivity contribution in [3.63, 3.8) is 0 Å². The summed E-state index contributed by atoms with van der Waals surface area (Å²) in [7, 11) is 2.91. The Hall–Kier alpha value is -4.32. The van der Waals surface area contributed by atoms with Gasteiger partial charge in [-0.15, -0.1) is 0 Å². The van der Waals surface area contributed by atoms with Crippen LogP contribution in [-0.4, -0.2) is 69.0 Å². The van der Waals surface area contributed by atoms with E-state index in [1.807, 2.05) is 24.3 Å². The summed E-state index contributed by atoms with van der Waals surface area (Å²) in [6.07, 6.45) is 0.431. The molecule has 1 saturated heterocycles. The fourth-order valence-corrected chi connectivity index (χ4v) is 6.67. The number of carbonyl (C=O) groups is 1. The van der Waals surface area contributed by atoms with Crippen molar-refractivity contribution in [3.05, 3.63) is 53.7 Å². The van der Waals surface area contributed by atoms with Crippen LogP contribution in [0.2, 0.25) is 0 Å². The number of hydrogen-bond acceptors (Lipinski definition) is 9. The van der Waals surface area contributed by atoms with E-state index in [1.54, 1.807) is 36.9 Å². The molecule has 0 radical (unpaired) electrons. The number of benzene rings is 2. The van der Waals surface area contributed by atoms with Gasteiger partial charge in [-0.05, 0) is 43.7 Å². The van der Waals surface area contributed by atoms with Crippen molar-refractivity contribution in [3.8, 4) is 34.3 Å². The molecule has 1 fully saturated rings. The second-order valence-electron chi connectivity index (χ2n) is 9.44. The standard InChI is InChI=1S/C28H30N4O7S/c1-16-25-21(28(33)29-18-12-23(37-3)26(39-5)24(13-18)38-4)14-22(17-6-8-20(36-2)9-7-17)30-27(25)32(31-16)19-10-11-40(34,35)15-19/h6-9,12-14,19H,10-11,15H2,1-5H3,(H,29,33). The van der Waals surface area contributed by atoms with Crippen LogP contribution in [0.3, 0.4) is 0 Å². The molecule has 0 saturated carbocycles. The van der Waals surface area contributed by atoms with Crippen LogP contribution in [0.5, 0.6) is 23.0 Å². The molecule has 1 unspecified atom stereocenters. The maximum absolute atomic E-state index is 13.8. The quantitative estimate of drug-likeness (QED) is 0.336. The first-order chi connectivity index (χ1) is 19.2. The van der Waals surface area contributed by atoms with Gasteiger partial charge in [0.1, 0.15) is 5.75 Å². The largest absolute Gasteiger partial charge is 0.497 e. The zero-order valence-corrected chi connectivity index (χ0v) is 23.7. The van der Waals surface area contributed by atoms with Crippen LogP contribution in [0.1, 0.15) is 28.5 Å². The van der Waals surface area contributed by atoms with Crippen molar-refractivity contribution < 1.29 is 32.2 Å². The van der Waals surface area contributed by atoms with E-state index in [2.05, 4.69) is 10.4 Å². The summed E-state index contributed by atoms with van der Waals surface area (Å²) in [6.45, 7) is 1.78. The van der Waals surface area contributed by atoms with E-state index in [1.165, 1.54) is 21.3 Å². The molecule has 0 spiro atoms. The number of rotatable bonds is 8. The lowest BCUT2D eigenvalue weighted by atomic mass is 10.0. The highest BCUT2D eigenvalue weighted by Gasteiger charge is 2.32. The summed E-state index contributed by atoms with van der Waals surface area (Å²) < 4.78 is 47.7. The van der Waals surface area contributed by atoms with Gasteiger partial charge in [0.2, 0.25) is 5.75 Å². The molecule has 1 atom stereocenters. The Bertz CT molecular complexity index is 1670. The third-order valence-corrected chi connectivity index (χ3v) is 8.69. The van der Waals surface area contributed by atoms with Crippen molar-refractivity contribution >= 4 is 32.5 Å². The summed E-state index contributed by atoms with van der Waals surface area (Å²) in [6, 6.07) is 11.9. The van der Waals surface area contributed by atoms with Gasteiger partial charge in [0.25, 0.3) is 5.91 Å². The fourth-order valence-electron chi connectivity index (χ4n) is 4.98. The number of hydrogen-bond donors (Lipinski definition) is 1. The Morgan fingerprint density at radius 2 is 1.65 bits per heavy atom. The van der Waals surface area contributed by atoms with Gasteiger partial charge in [0.15, 0.2) is 27.0 Å². The lowest BCUT2D eigenvalue weighted by Gasteiger charge is -2.15. The summed E-state index contributed by atoms with van der Waals surface area (Å²) >= 11 is 0. The number of ether oxygens (including phenoxy) is 4. The number of carbonyl (C=O) groups excluding carboxylic acids is 1. The second kappa shape index (κ2) is 10.7. The average Bonchev–Trinajstić information content (AvgIpc) is 3.50. The van der Waals surface area contributed by atoms with Crippen molar-refractivity contribution in [2.75, 3.05) is 45.3 Å². The van der Waals surface area contributed by atoms with Crippen LogP contribution in [-0.2, 0) is 9.84 Å². The highest BCUT2D eigenvalue weighted by atomic mass is 32.2. The predicted octanol–water partition coefficient (Wildman–Crippen LogP) is 4.05. The molecule has 210 valence electrons. The van der Waals surface area contributed by atoms with E-state index in [-0.39, 0.29) is 17.5 Å². The van der Waals surface area contributed by atoms with E-state index >= 15 is 0 Å². The van der Waals surface area contributed by atoms with E-state index in [9.17, 15) is 13.2 Å². The van der Waals surface area contributed by atoms with E-state index in [0.29, 0.717) is 63.1 Å². The Morgan fingerprint density at radius 3 is 2.20 bits per heavy atom. The molecule has 2 aromatic carbocycles. The summed E-state index contributed by atoms with van der Waals surface area (Å²) in [5.74, 6) is 1.53. The van der Waals surface area contributed by atoms with Gasteiger partial charge in [-0.2, -0.15) is 5.10 Å². The highest BCUT2D eigenvalue weighted by Crippen LogP contribution is 2.40. The Balaban J connectivity index is 1.65. The molecule has 11 nitrogen and oxygen atoms in total. The van der Waals surface area contributed by atoms with Gasteiger partial charge in [0, 0.05) is 23.4 Å². The minimum Gasteiger partial charge on any atom is -0.497 e. The third kappa shape index (κ3) is 5.02. The van der Waals surface area contributed by atoms with Crippen molar-refractivity contribution in [1.29, 1.82) is 0 Å². The van der Waals surface area contributed by atoms with Gasteiger partial charge < -0.3 is 24.3 Å². The fraction of sp³-hybridized carbons (Fsp3) is 0.321. The first kappa shape index (κ1) is 27.3. The monoisotopic (exact) mass is 566 g/mol. The lowest BCUT2D eigenvalue weighted by molar-refractivity contribution is 0.102. The molecule has 1 aliphatic heterocycles. The smallest absolute Gasteiger partial charge is 0.256 e. The number of aromatic nitrogens is 3. The number of fused-ring (bicyclic) bond motifs is 1. The van der Waals surface area contributed by atoms with E-state index < -0.39 is 15.7 Å². The van der Waals surface area contributed by atoms with Crippen molar-refractivity contribution in [2.24, 2.45) is 0 Å². The Kier molecular flexibility index (Phi) is 7.28. The summed E-state index contributed by atoms with van der Waals surface area (Å²) in [5, 5.41) is 8.14. The molecular formula is C28H30N4O7S. The zero-order valence-electron chi connectivity index (χ0n) is 22.8. The normalized spacial score (nSPS) is 16.1. The number of pyridine rings is 1. The number of sulfone groups is 1. The highest BCUT2D eigenvalue weighted by molar-refractivity contribution is 7.91. The molecule has 3 heterocycles. The molecule has 12 heteroatoms. The minimum atomic E-state index is -3.17. The SMILES string of the molecule is COc1ccc(-c2cc(C(=O)Nc3cc(OC)c(OC)c(OC)c3)c3c(C)nn(C4CCS(=O)(=O)C4)c3n2)cc1. The van der Waals surface area contributed by atoms with Crippen LogP contribution in [0.15, 0.2) is 42.5 Å². The molecule has 1 amide bonds. The number of amides is 1. The Morgan fingerprint density at radius 1 is 0.975 bits per heavy atom. The molecular weight excluding hydrogens is 536 g/mol. The third-order valence-electron chi connectivity index (χ3n) is 6.94. The van der Waals surface area contributed by atoms with Gasteiger partial charge >= 0.3 is 0 Å². The predicted molar refractivity (Wildman–Crippen MR) is 151 cm³/mol.